The molecule has 30 heavy (non-hydrogen) atoms. The summed E-state index contributed by atoms with van der Waals surface area (Å²) in [5, 5.41) is 11.0. The predicted molar refractivity (Wildman–Crippen MR) is 107 cm³/mol. The van der Waals surface area contributed by atoms with Crippen LogP contribution in [0.5, 0.6) is 0 Å². The fraction of sp³-hybridized carbons (Fsp3) is 0.0909. The first kappa shape index (κ1) is 19.4. The van der Waals surface area contributed by atoms with E-state index in [1.807, 2.05) is 0 Å². The van der Waals surface area contributed by atoms with Crippen molar-refractivity contribution in [2.45, 2.75) is 13.5 Å². The van der Waals surface area contributed by atoms with Crippen LogP contribution in [0.4, 0.5) is 8.78 Å². The van der Waals surface area contributed by atoms with Crippen molar-refractivity contribution in [2.75, 3.05) is 0 Å². The van der Waals surface area contributed by atoms with Crippen LogP contribution in [-0.4, -0.2) is 25.9 Å². The number of nitrogens with zero attached hydrogens (tertiary/aromatic N) is 4. The van der Waals surface area contributed by atoms with Gasteiger partial charge in [-0.05, 0) is 60.5 Å². The van der Waals surface area contributed by atoms with Crippen molar-refractivity contribution in [3.8, 4) is 16.9 Å². The molecule has 1 amide bonds. The highest BCUT2D eigenvalue weighted by molar-refractivity contribution is 5.98. The van der Waals surface area contributed by atoms with Crippen LogP contribution in [0.25, 0.3) is 16.9 Å². The molecule has 0 aliphatic heterocycles. The van der Waals surface area contributed by atoms with Gasteiger partial charge in [-0.25, -0.2) is 13.5 Å². The second kappa shape index (κ2) is 8.20. The summed E-state index contributed by atoms with van der Waals surface area (Å²) in [6.07, 6.45) is 3.20. The van der Waals surface area contributed by atoms with Crippen LogP contribution in [0.15, 0.2) is 67.0 Å². The highest BCUT2D eigenvalue weighted by Gasteiger charge is 2.22. The Hall–Kier alpha value is -3.94. The SMILES string of the molecule is Cc1cc(-n2nnc(C(=O)NCc3ccc(F)cc3)c2-c2ccncc2)ccc1F. The Morgan fingerprint density at radius 1 is 1.03 bits per heavy atom. The first-order valence-electron chi connectivity index (χ1n) is 9.18. The van der Waals surface area contributed by atoms with Gasteiger partial charge in [-0.1, -0.05) is 17.3 Å². The Morgan fingerprint density at radius 2 is 1.77 bits per heavy atom. The third-order valence-corrected chi connectivity index (χ3v) is 4.59. The molecular formula is C22H17F2N5O. The number of carbonyl (C=O) groups excluding carboxylic acids is 1. The van der Waals surface area contributed by atoms with Crippen molar-refractivity contribution in [2.24, 2.45) is 0 Å². The van der Waals surface area contributed by atoms with Gasteiger partial charge in [0.05, 0.1) is 5.69 Å². The van der Waals surface area contributed by atoms with Gasteiger partial charge in [0.2, 0.25) is 0 Å². The van der Waals surface area contributed by atoms with E-state index in [0.29, 0.717) is 22.5 Å². The summed E-state index contributed by atoms with van der Waals surface area (Å²) in [6.45, 7) is 1.86. The largest absolute Gasteiger partial charge is 0.346 e. The number of halogens is 2. The summed E-state index contributed by atoms with van der Waals surface area (Å²) in [7, 11) is 0. The number of aromatic nitrogens is 4. The van der Waals surface area contributed by atoms with E-state index >= 15 is 0 Å². The number of hydrogen-bond donors (Lipinski definition) is 1. The third-order valence-electron chi connectivity index (χ3n) is 4.59. The molecule has 0 saturated heterocycles. The summed E-state index contributed by atoms with van der Waals surface area (Å²) in [4.78, 5) is 16.9. The van der Waals surface area contributed by atoms with Crippen LogP contribution in [0.3, 0.4) is 0 Å². The van der Waals surface area contributed by atoms with Crippen molar-refractivity contribution >= 4 is 5.91 Å². The normalized spacial score (nSPS) is 10.8. The third kappa shape index (κ3) is 3.93. The first-order chi connectivity index (χ1) is 14.5. The lowest BCUT2D eigenvalue weighted by molar-refractivity contribution is 0.0946. The molecule has 0 bridgehead atoms. The highest BCUT2D eigenvalue weighted by Crippen LogP contribution is 2.25. The van der Waals surface area contributed by atoms with Crippen LogP contribution < -0.4 is 5.32 Å². The van der Waals surface area contributed by atoms with Gasteiger partial charge in [0.25, 0.3) is 5.91 Å². The maximum atomic E-state index is 13.7. The topological polar surface area (TPSA) is 72.7 Å². The Labute approximate surface area is 171 Å². The summed E-state index contributed by atoms with van der Waals surface area (Å²) in [5.74, 6) is -1.11. The van der Waals surface area contributed by atoms with Crippen molar-refractivity contribution in [3.05, 3.63) is 95.4 Å². The van der Waals surface area contributed by atoms with Crippen LogP contribution in [0.2, 0.25) is 0 Å². The lowest BCUT2D eigenvalue weighted by Gasteiger charge is -2.10. The second-order valence-electron chi connectivity index (χ2n) is 6.68. The van der Waals surface area contributed by atoms with E-state index in [2.05, 4.69) is 20.6 Å². The molecule has 0 aliphatic rings. The van der Waals surface area contributed by atoms with E-state index < -0.39 is 5.91 Å². The number of carbonyl (C=O) groups is 1. The molecule has 2 aromatic heterocycles. The molecule has 150 valence electrons. The molecule has 6 nitrogen and oxygen atoms in total. The fourth-order valence-electron chi connectivity index (χ4n) is 3.01. The average Bonchev–Trinajstić information content (AvgIpc) is 3.21. The van der Waals surface area contributed by atoms with Gasteiger partial charge >= 0.3 is 0 Å². The van der Waals surface area contributed by atoms with E-state index in [9.17, 15) is 13.6 Å². The molecule has 4 rings (SSSR count). The zero-order valence-electron chi connectivity index (χ0n) is 16.0. The summed E-state index contributed by atoms with van der Waals surface area (Å²) >= 11 is 0. The average molecular weight is 405 g/mol. The smallest absolute Gasteiger partial charge is 0.274 e. The molecule has 2 heterocycles. The number of amides is 1. The standard InChI is InChI=1S/C22H17F2N5O/c1-14-12-18(6-7-19(14)24)29-21(16-8-10-25-11-9-16)20(27-28-29)22(30)26-13-15-2-4-17(23)5-3-15/h2-12H,13H2,1H3,(H,26,30). The van der Waals surface area contributed by atoms with E-state index in [1.54, 1.807) is 55.7 Å². The number of rotatable bonds is 5. The molecule has 0 atom stereocenters. The molecule has 0 aliphatic carbocycles. The van der Waals surface area contributed by atoms with Gasteiger partial charge in [0.1, 0.15) is 17.3 Å². The van der Waals surface area contributed by atoms with Crippen LogP contribution >= 0.6 is 0 Å². The molecule has 0 radical (unpaired) electrons. The lowest BCUT2D eigenvalue weighted by Crippen LogP contribution is -2.24. The summed E-state index contributed by atoms with van der Waals surface area (Å²) < 4.78 is 28.3. The van der Waals surface area contributed by atoms with E-state index in [1.165, 1.54) is 22.9 Å². The van der Waals surface area contributed by atoms with E-state index in [-0.39, 0.29) is 23.9 Å². The Bertz CT molecular complexity index is 1190. The molecule has 2 aromatic carbocycles. The number of pyridine rings is 1. The van der Waals surface area contributed by atoms with Crippen molar-refractivity contribution in [3.63, 3.8) is 0 Å². The minimum absolute atomic E-state index is 0.116. The molecular weight excluding hydrogens is 388 g/mol. The quantitative estimate of drug-likeness (QED) is 0.548. The van der Waals surface area contributed by atoms with Crippen molar-refractivity contribution in [1.29, 1.82) is 0 Å². The Kier molecular flexibility index (Phi) is 5.30. The minimum Gasteiger partial charge on any atom is -0.346 e. The predicted octanol–water partition coefficient (Wildman–Crippen LogP) is 3.85. The molecule has 0 spiro atoms. The lowest BCUT2D eigenvalue weighted by atomic mass is 10.1. The maximum Gasteiger partial charge on any atom is 0.274 e. The zero-order valence-corrected chi connectivity index (χ0v) is 16.0. The first-order valence-corrected chi connectivity index (χ1v) is 9.18. The van der Waals surface area contributed by atoms with Gasteiger partial charge in [0.15, 0.2) is 5.69 Å². The van der Waals surface area contributed by atoms with Crippen LogP contribution in [0.1, 0.15) is 21.6 Å². The fourth-order valence-corrected chi connectivity index (χ4v) is 3.01. The molecule has 0 saturated carbocycles. The number of hydrogen-bond acceptors (Lipinski definition) is 4. The van der Waals surface area contributed by atoms with E-state index in [0.717, 1.165) is 5.56 Å². The Balaban J connectivity index is 1.70. The highest BCUT2D eigenvalue weighted by atomic mass is 19.1. The van der Waals surface area contributed by atoms with Gasteiger partial charge < -0.3 is 5.32 Å². The Morgan fingerprint density at radius 3 is 2.47 bits per heavy atom. The maximum absolute atomic E-state index is 13.7. The zero-order chi connectivity index (χ0) is 21.1. The molecule has 0 fully saturated rings. The van der Waals surface area contributed by atoms with Crippen LogP contribution in [0, 0.1) is 18.6 Å². The van der Waals surface area contributed by atoms with Crippen molar-refractivity contribution in [1.82, 2.24) is 25.3 Å². The van der Waals surface area contributed by atoms with Gasteiger partial charge in [-0.3, -0.25) is 9.78 Å². The molecule has 1 N–H and O–H groups in total. The minimum atomic E-state index is -0.434. The van der Waals surface area contributed by atoms with Gasteiger partial charge in [-0.2, -0.15) is 0 Å². The van der Waals surface area contributed by atoms with Crippen molar-refractivity contribution < 1.29 is 13.6 Å². The number of nitrogens with one attached hydrogen (secondary N) is 1. The van der Waals surface area contributed by atoms with Gasteiger partial charge in [0, 0.05) is 24.5 Å². The van der Waals surface area contributed by atoms with Gasteiger partial charge in [-0.15, -0.1) is 5.10 Å². The molecule has 0 unspecified atom stereocenters. The summed E-state index contributed by atoms with van der Waals surface area (Å²) in [6, 6.07) is 13.9. The van der Waals surface area contributed by atoms with Crippen LogP contribution in [-0.2, 0) is 6.54 Å². The molecule has 4 aromatic rings. The molecule has 8 heteroatoms. The monoisotopic (exact) mass is 405 g/mol. The second-order valence-corrected chi connectivity index (χ2v) is 6.68. The summed E-state index contributed by atoms with van der Waals surface area (Å²) in [5.41, 5.74) is 3.03. The number of benzene rings is 2. The van der Waals surface area contributed by atoms with E-state index in [4.69, 9.17) is 0 Å². The number of aryl methyl sites for hydroxylation is 1.